The number of carbonyl (C=O) groups is 3. The minimum atomic E-state index is -0.261. The highest BCUT2D eigenvalue weighted by atomic mass is 16.2. The number of H-pyrrole nitrogens is 1. The fraction of sp³-hybridized carbons (Fsp3) is 0.320. The standard InChI is InChI=1S/C25H25N3O3/c1-16-8-9-21-20(15-16)17-10-13-27(14-11-22(17)26-21)23(29)7-4-12-28-24(30)18-5-2-3-6-19(18)25(28)31/h2-3,5-6,8-9,15,26H,4,7,10-14H2,1H3. The maximum absolute atomic E-state index is 12.8. The van der Waals surface area contributed by atoms with E-state index in [0.717, 1.165) is 18.4 Å². The Balaban J connectivity index is 1.19. The van der Waals surface area contributed by atoms with Crippen LogP contribution < -0.4 is 0 Å². The Bertz CT molecular complexity index is 1170. The number of benzene rings is 2. The van der Waals surface area contributed by atoms with E-state index in [1.54, 1.807) is 24.3 Å². The SMILES string of the molecule is Cc1ccc2[nH]c3c(c2c1)CCN(C(=O)CCCN1C(=O)c2ccccc2C1=O)CC3. The predicted octanol–water partition coefficient (Wildman–Crippen LogP) is 3.48. The maximum atomic E-state index is 12.8. The van der Waals surface area contributed by atoms with Gasteiger partial charge in [0.1, 0.15) is 0 Å². The highest BCUT2D eigenvalue weighted by molar-refractivity contribution is 6.21. The second kappa shape index (κ2) is 7.69. The van der Waals surface area contributed by atoms with Crippen molar-refractivity contribution in [3.8, 4) is 0 Å². The van der Waals surface area contributed by atoms with Gasteiger partial charge in [-0.15, -0.1) is 0 Å². The molecule has 0 spiro atoms. The highest BCUT2D eigenvalue weighted by Crippen LogP contribution is 2.27. The first-order valence-corrected chi connectivity index (χ1v) is 10.9. The zero-order valence-corrected chi connectivity index (χ0v) is 17.6. The largest absolute Gasteiger partial charge is 0.358 e. The van der Waals surface area contributed by atoms with Gasteiger partial charge in [0.2, 0.25) is 5.91 Å². The van der Waals surface area contributed by atoms with Crippen molar-refractivity contribution in [3.05, 3.63) is 70.4 Å². The zero-order valence-electron chi connectivity index (χ0n) is 17.6. The van der Waals surface area contributed by atoms with Crippen molar-refractivity contribution in [3.63, 3.8) is 0 Å². The molecule has 0 unspecified atom stereocenters. The van der Waals surface area contributed by atoms with Crippen molar-refractivity contribution in [2.45, 2.75) is 32.6 Å². The Morgan fingerprint density at radius 1 is 1.00 bits per heavy atom. The van der Waals surface area contributed by atoms with Gasteiger partial charge in [0.25, 0.3) is 11.8 Å². The van der Waals surface area contributed by atoms with Crippen molar-refractivity contribution in [1.82, 2.24) is 14.8 Å². The van der Waals surface area contributed by atoms with Crippen molar-refractivity contribution in [2.75, 3.05) is 19.6 Å². The molecule has 2 aromatic carbocycles. The Morgan fingerprint density at radius 2 is 1.71 bits per heavy atom. The number of aryl methyl sites for hydroxylation is 1. The average molecular weight is 415 g/mol. The number of carbonyl (C=O) groups excluding carboxylic acids is 3. The third-order valence-corrected chi connectivity index (χ3v) is 6.42. The van der Waals surface area contributed by atoms with E-state index < -0.39 is 0 Å². The van der Waals surface area contributed by atoms with Gasteiger partial charge in [0.15, 0.2) is 0 Å². The lowest BCUT2D eigenvalue weighted by Gasteiger charge is -2.21. The van der Waals surface area contributed by atoms with Crippen LogP contribution in [0.2, 0.25) is 0 Å². The smallest absolute Gasteiger partial charge is 0.261 e. The van der Waals surface area contributed by atoms with E-state index in [-0.39, 0.29) is 24.3 Å². The molecular weight excluding hydrogens is 390 g/mol. The van der Waals surface area contributed by atoms with Gasteiger partial charge in [-0.2, -0.15) is 0 Å². The Hall–Kier alpha value is -3.41. The zero-order chi connectivity index (χ0) is 21.5. The number of aromatic amines is 1. The molecule has 5 rings (SSSR count). The highest BCUT2D eigenvalue weighted by Gasteiger charge is 2.34. The van der Waals surface area contributed by atoms with E-state index in [1.807, 2.05) is 4.90 Å². The second-order valence-corrected chi connectivity index (χ2v) is 8.42. The molecule has 0 bridgehead atoms. The van der Waals surface area contributed by atoms with Crippen LogP contribution in [0.25, 0.3) is 10.9 Å². The minimum absolute atomic E-state index is 0.0854. The minimum Gasteiger partial charge on any atom is -0.358 e. The van der Waals surface area contributed by atoms with Crippen molar-refractivity contribution >= 4 is 28.6 Å². The van der Waals surface area contributed by atoms with E-state index >= 15 is 0 Å². The van der Waals surface area contributed by atoms with Crippen LogP contribution in [0, 0.1) is 6.92 Å². The number of fused-ring (bicyclic) bond motifs is 4. The number of aromatic nitrogens is 1. The van der Waals surface area contributed by atoms with Gasteiger partial charge in [0, 0.05) is 49.1 Å². The molecule has 1 N–H and O–H groups in total. The first kappa shape index (κ1) is 19.5. The average Bonchev–Trinajstić information content (AvgIpc) is 3.12. The number of hydrogen-bond donors (Lipinski definition) is 1. The summed E-state index contributed by atoms with van der Waals surface area (Å²) in [7, 11) is 0. The summed E-state index contributed by atoms with van der Waals surface area (Å²) in [5.74, 6) is -0.436. The number of hydrogen-bond acceptors (Lipinski definition) is 3. The molecular formula is C25H25N3O3. The lowest BCUT2D eigenvalue weighted by molar-refractivity contribution is -0.131. The molecule has 3 amide bonds. The molecule has 0 saturated carbocycles. The summed E-state index contributed by atoms with van der Waals surface area (Å²) in [6.07, 6.45) is 2.46. The molecule has 0 fully saturated rings. The van der Waals surface area contributed by atoms with Gasteiger partial charge >= 0.3 is 0 Å². The first-order valence-electron chi connectivity index (χ1n) is 10.9. The topological polar surface area (TPSA) is 73.5 Å². The normalized spacial score (nSPS) is 15.9. The van der Waals surface area contributed by atoms with Gasteiger partial charge < -0.3 is 9.88 Å². The molecule has 0 radical (unpaired) electrons. The van der Waals surface area contributed by atoms with Gasteiger partial charge in [0.05, 0.1) is 11.1 Å². The van der Waals surface area contributed by atoms with Crippen molar-refractivity contribution in [2.24, 2.45) is 0 Å². The van der Waals surface area contributed by atoms with E-state index in [4.69, 9.17) is 0 Å². The van der Waals surface area contributed by atoms with Crippen LogP contribution in [0.15, 0.2) is 42.5 Å². The summed E-state index contributed by atoms with van der Waals surface area (Å²) in [6.45, 7) is 3.75. The van der Waals surface area contributed by atoms with E-state index in [0.29, 0.717) is 37.1 Å². The predicted molar refractivity (Wildman–Crippen MR) is 118 cm³/mol. The van der Waals surface area contributed by atoms with Crippen molar-refractivity contribution < 1.29 is 14.4 Å². The molecule has 0 aliphatic carbocycles. The first-order chi connectivity index (χ1) is 15.0. The molecule has 6 nitrogen and oxygen atoms in total. The number of nitrogens with zero attached hydrogens (tertiary/aromatic N) is 2. The lowest BCUT2D eigenvalue weighted by Crippen LogP contribution is -2.35. The van der Waals surface area contributed by atoms with Crippen LogP contribution >= 0.6 is 0 Å². The Morgan fingerprint density at radius 3 is 2.45 bits per heavy atom. The fourth-order valence-corrected chi connectivity index (χ4v) is 4.76. The molecule has 0 saturated heterocycles. The molecule has 2 aliphatic rings. The summed E-state index contributed by atoms with van der Waals surface area (Å²) in [6, 6.07) is 13.3. The van der Waals surface area contributed by atoms with Crippen LogP contribution in [0.4, 0.5) is 0 Å². The third-order valence-electron chi connectivity index (χ3n) is 6.42. The van der Waals surface area contributed by atoms with E-state index in [9.17, 15) is 14.4 Å². The monoisotopic (exact) mass is 415 g/mol. The van der Waals surface area contributed by atoms with Crippen LogP contribution in [0.1, 0.15) is 50.4 Å². The molecule has 2 aliphatic heterocycles. The summed E-state index contributed by atoms with van der Waals surface area (Å²) in [5, 5.41) is 1.26. The number of imide groups is 1. The third kappa shape index (κ3) is 3.42. The number of nitrogens with one attached hydrogen (secondary N) is 1. The van der Waals surface area contributed by atoms with E-state index in [2.05, 4.69) is 30.1 Å². The summed E-state index contributed by atoms with van der Waals surface area (Å²) in [4.78, 5) is 44.5. The molecule has 3 aromatic rings. The molecule has 3 heterocycles. The van der Waals surface area contributed by atoms with Crippen LogP contribution in [-0.2, 0) is 17.6 Å². The Kier molecular flexibility index (Phi) is 4.85. The lowest BCUT2D eigenvalue weighted by atomic mass is 10.1. The number of amides is 3. The van der Waals surface area contributed by atoms with Gasteiger partial charge in [-0.3, -0.25) is 19.3 Å². The van der Waals surface area contributed by atoms with Crippen LogP contribution in [0.3, 0.4) is 0 Å². The quantitative estimate of drug-likeness (QED) is 0.663. The fourth-order valence-electron chi connectivity index (χ4n) is 4.76. The second-order valence-electron chi connectivity index (χ2n) is 8.42. The van der Waals surface area contributed by atoms with Crippen molar-refractivity contribution in [1.29, 1.82) is 0 Å². The van der Waals surface area contributed by atoms with Gasteiger partial charge in [-0.25, -0.2) is 0 Å². The molecule has 6 heteroatoms. The van der Waals surface area contributed by atoms with Gasteiger partial charge in [-0.05, 0) is 49.6 Å². The summed E-state index contributed by atoms with van der Waals surface area (Å²) >= 11 is 0. The number of rotatable bonds is 4. The molecule has 158 valence electrons. The summed E-state index contributed by atoms with van der Waals surface area (Å²) < 4.78 is 0. The van der Waals surface area contributed by atoms with Crippen LogP contribution in [0.5, 0.6) is 0 Å². The summed E-state index contributed by atoms with van der Waals surface area (Å²) in [5.41, 5.74) is 5.85. The Labute approximate surface area is 180 Å². The molecule has 31 heavy (non-hydrogen) atoms. The van der Waals surface area contributed by atoms with E-state index in [1.165, 1.54) is 27.1 Å². The van der Waals surface area contributed by atoms with Gasteiger partial charge in [-0.1, -0.05) is 23.8 Å². The molecule has 1 aromatic heterocycles. The van der Waals surface area contributed by atoms with Crippen LogP contribution in [-0.4, -0.2) is 52.1 Å². The molecule has 0 atom stereocenters. The maximum Gasteiger partial charge on any atom is 0.261 e.